The highest BCUT2D eigenvalue weighted by molar-refractivity contribution is 7.99. The SMILES string of the molecule is CCCSCC(=O)Nc1ccc(Cl)c([N+](=O)[O-])c1. The molecule has 0 aliphatic heterocycles. The first kappa shape index (κ1) is 14.8. The molecular formula is C11H13ClN2O3S. The topological polar surface area (TPSA) is 72.2 Å². The van der Waals surface area contributed by atoms with Gasteiger partial charge < -0.3 is 5.32 Å². The second-order valence-corrected chi connectivity index (χ2v) is 5.04. The van der Waals surface area contributed by atoms with E-state index in [2.05, 4.69) is 5.32 Å². The van der Waals surface area contributed by atoms with E-state index in [4.69, 9.17) is 11.6 Å². The Morgan fingerprint density at radius 3 is 2.89 bits per heavy atom. The van der Waals surface area contributed by atoms with Gasteiger partial charge in [-0.1, -0.05) is 18.5 Å². The highest BCUT2D eigenvalue weighted by atomic mass is 35.5. The van der Waals surface area contributed by atoms with Gasteiger partial charge in [0.25, 0.3) is 5.69 Å². The van der Waals surface area contributed by atoms with Crippen LogP contribution in [0.25, 0.3) is 0 Å². The molecule has 0 heterocycles. The molecule has 1 N–H and O–H groups in total. The summed E-state index contributed by atoms with van der Waals surface area (Å²) in [5.41, 5.74) is 0.170. The summed E-state index contributed by atoms with van der Waals surface area (Å²) in [6.45, 7) is 2.04. The van der Waals surface area contributed by atoms with Crippen LogP contribution in [0.15, 0.2) is 18.2 Å². The first-order valence-corrected chi connectivity index (χ1v) is 6.89. The number of nitrogens with one attached hydrogen (secondary N) is 1. The van der Waals surface area contributed by atoms with Gasteiger partial charge >= 0.3 is 0 Å². The summed E-state index contributed by atoms with van der Waals surface area (Å²) in [4.78, 5) is 21.6. The highest BCUT2D eigenvalue weighted by Crippen LogP contribution is 2.27. The van der Waals surface area contributed by atoms with Crippen LogP contribution in [0.4, 0.5) is 11.4 Å². The molecule has 0 unspecified atom stereocenters. The third-order valence-corrected chi connectivity index (χ3v) is 3.49. The monoisotopic (exact) mass is 288 g/mol. The molecule has 0 atom stereocenters. The fraction of sp³-hybridized carbons (Fsp3) is 0.364. The van der Waals surface area contributed by atoms with Crippen LogP contribution in [-0.2, 0) is 4.79 Å². The Bertz CT molecular complexity index is 454. The Hall–Kier alpha value is -1.27. The normalized spacial score (nSPS) is 10.1. The minimum absolute atomic E-state index is 0.0540. The number of hydrogen-bond acceptors (Lipinski definition) is 4. The van der Waals surface area contributed by atoms with Gasteiger partial charge in [0, 0.05) is 11.8 Å². The molecule has 18 heavy (non-hydrogen) atoms. The lowest BCUT2D eigenvalue weighted by molar-refractivity contribution is -0.384. The van der Waals surface area contributed by atoms with Crippen molar-refractivity contribution in [2.24, 2.45) is 0 Å². The maximum Gasteiger partial charge on any atom is 0.289 e. The predicted octanol–water partition coefficient (Wildman–Crippen LogP) is 3.33. The van der Waals surface area contributed by atoms with E-state index in [0.717, 1.165) is 12.2 Å². The van der Waals surface area contributed by atoms with Crippen molar-refractivity contribution in [3.63, 3.8) is 0 Å². The van der Waals surface area contributed by atoms with Crippen LogP contribution in [0.2, 0.25) is 5.02 Å². The molecule has 0 fully saturated rings. The van der Waals surface area contributed by atoms with Crippen LogP contribution < -0.4 is 5.32 Å². The maximum absolute atomic E-state index is 11.5. The van der Waals surface area contributed by atoms with Crippen molar-refractivity contribution < 1.29 is 9.72 Å². The summed E-state index contributed by atoms with van der Waals surface area (Å²) >= 11 is 7.19. The Morgan fingerprint density at radius 1 is 1.56 bits per heavy atom. The van der Waals surface area contributed by atoms with E-state index in [1.54, 1.807) is 0 Å². The molecule has 0 radical (unpaired) electrons. The van der Waals surface area contributed by atoms with Gasteiger partial charge in [0.1, 0.15) is 5.02 Å². The third kappa shape index (κ3) is 4.54. The molecule has 1 amide bonds. The molecule has 7 heteroatoms. The van der Waals surface area contributed by atoms with Crippen LogP contribution in [-0.4, -0.2) is 22.3 Å². The number of rotatable bonds is 6. The van der Waals surface area contributed by atoms with Gasteiger partial charge in [0.2, 0.25) is 5.91 Å². The number of anilines is 1. The molecule has 0 saturated carbocycles. The van der Waals surface area contributed by atoms with E-state index >= 15 is 0 Å². The molecule has 0 bridgehead atoms. The van der Waals surface area contributed by atoms with Crippen LogP contribution in [0.1, 0.15) is 13.3 Å². The molecule has 0 spiro atoms. The largest absolute Gasteiger partial charge is 0.325 e. The molecule has 1 aromatic rings. The number of thioether (sulfide) groups is 1. The number of nitro groups is 1. The van der Waals surface area contributed by atoms with Crippen molar-refractivity contribution in [2.45, 2.75) is 13.3 Å². The van der Waals surface area contributed by atoms with Gasteiger partial charge in [0.15, 0.2) is 0 Å². The lowest BCUT2D eigenvalue weighted by atomic mass is 10.3. The van der Waals surface area contributed by atoms with E-state index < -0.39 is 4.92 Å². The van der Waals surface area contributed by atoms with Crippen molar-refractivity contribution >= 4 is 40.6 Å². The Labute approximate surface area is 114 Å². The fourth-order valence-corrected chi connectivity index (χ4v) is 2.11. The van der Waals surface area contributed by atoms with Crippen molar-refractivity contribution in [1.29, 1.82) is 0 Å². The van der Waals surface area contributed by atoms with E-state index in [9.17, 15) is 14.9 Å². The number of hydrogen-bond donors (Lipinski definition) is 1. The van der Waals surface area contributed by atoms with Crippen LogP contribution >= 0.6 is 23.4 Å². The number of nitro benzene ring substituents is 1. The average Bonchev–Trinajstić information content (AvgIpc) is 2.31. The van der Waals surface area contributed by atoms with Crippen molar-refractivity contribution in [2.75, 3.05) is 16.8 Å². The number of halogens is 1. The number of carbonyl (C=O) groups is 1. The van der Waals surface area contributed by atoms with E-state index in [1.807, 2.05) is 6.92 Å². The van der Waals surface area contributed by atoms with Crippen LogP contribution in [0, 0.1) is 10.1 Å². The molecule has 98 valence electrons. The number of amides is 1. The molecule has 0 saturated heterocycles. The maximum atomic E-state index is 11.5. The molecule has 5 nitrogen and oxygen atoms in total. The Morgan fingerprint density at radius 2 is 2.28 bits per heavy atom. The van der Waals surface area contributed by atoms with Crippen molar-refractivity contribution in [3.8, 4) is 0 Å². The molecule has 1 rings (SSSR count). The zero-order chi connectivity index (χ0) is 13.5. The standard InChI is InChI=1S/C11H13ClN2O3S/c1-2-5-18-7-11(15)13-8-3-4-9(12)10(6-8)14(16)17/h3-4,6H,2,5,7H2,1H3,(H,13,15). The second-order valence-electron chi connectivity index (χ2n) is 3.52. The van der Waals surface area contributed by atoms with Gasteiger partial charge in [-0.3, -0.25) is 14.9 Å². The number of benzene rings is 1. The van der Waals surface area contributed by atoms with Gasteiger partial charge in [0.05, 0.1) is 10.7 Å². The van der Waals surface area contributed by atoms with Gasteiger partial charge in [-0.05, 0) is 24.3 Å². The summed E-state index contributed by atoms with van der Waals surface area (Å²) in [5.74, 6) is 1.07. The lowest BCUT2D eigenvalue weighted by Gasteiger charge is -2.05. The quantitative estimate of drug-likeness (QED) is 0.495. The summed E-state index contributed by atoms with van der Waals surface area (Å²) in [7, 11) is 0. The minimum Gasteiger partial charge on any atom is -0.325 e. The summed E-state index contributed by atoms with van der Waals surface area (Å²) in [6, 6.07) is 4.19. The summed E-state index contributed by atoms with van der Waals surface area (Å²) in [6.07, 6.45) is 1.00. The third-order valence-electron chi connectivity index (χ3n) is 2.01. The minimum atomic E-state index is -0.580. The summed E-state index contributed by atoms with van der Waals surface area (Å²) in [5, 5.41) is 13.3. The zero-order valence-electron chi connectivity index (χ0n) is 9.81. The smallest absolute Gasteiger partial charge is 0.289 e. The first-order valence-electron chi connectivity index (χ1n) is 5.36. The Balaban J connectivity index is 2.65. The van der Waals surface area contributed by atoms with E-state index in [0.29, 0.717) is 11.4 Å². The summed E-state index contributed by atoms with van der Waals surface area (Å²) < 4.78 is 0. The van der Waals surface area contributed by atoms with Gasteiger partial charge in [-0.15, -0.1) is 0 Å². The molecule has 1 aromatic carbocycles. The zero-order valence-corrected chi connectivity index (χ0v) is 11.4. The Kier molecular flexibility index (Phi) is 5.94. The predicted molar refractivity (Wildman–Crippen MR) is 74.4 cm³/mol. The fourth-order valence-electron chi connectivity index (χ4n) is 1.24. The number of carbonyl (C=O) groups excluding carboxylic acids is 1. The van der Waals surface area contributed by atoms with Gasteiger partial charge in [-0.25, -0.2) is 0 Å². The number of nitrogens with zero attached hydrogens (tertiary/aromatic N) is 1. The highest BCUT2D eigenvalue weighted by Gasteiger charge is 2.13. The van der Waals surface area contributed by atoms with Crippen LogP contribution in [0.5, 0.6) is 0 Å². The molecule has 0 aromatic heterocycles. The van der Waals surface area contributed by atoms with Crippen LogP contribution in [0.3, 0.4) is 0 Å². The first-order chi connectivity index (χ1) is 8.54. The molecule has 0 aliphatic rings. The lowest BCUT2D eigenvalue weighted by Crippen LogP contribution is -2.14. The van der Waals surface area contributed by atoms with Crippen molar-refractivity contribution in [3.05, 3.63) is 33.3 Å². The second kappa shape index (κ2) is 7.23. The van der Waals surface area contributed by atoms with Crippen molar-refractivity contribution in [1.82, 2.24) is 0 Å². The van der Waals surface area contributed by atoms with E-state index in [1.165, 1.54) is 30.0 Å². The molecular weight excluding hydrogens is 276 g/mol. The van der Waals surface area contributed by atoms with Gasteiger partial charge in [-0.2, -0.15) is 11.8 Å². The molecule has 0 aliphatic carbocycles. The van der Waals surface area contributed by atoms with E-state index in [-0.39, 0.29) is 16.6 Å². The average molecular weight is 289 g/mol.